The fraction of sp³-hybridized carbons (Fsp3) is 0.211. The molecule has 0 aliphatic carbocycles. The van der Waals surface area contributed by atoms with Gasteiger partial charge in [0.15, 0.2) is 0 Å². The fourth-order valence-electron chi connectivity index (χ4n) is 2.00. The Morgan fingerprint density at radius 3 is 2.57 bits per heavy atom. The number of nitrogen functional groups attached to an aromatic ring is 1. The first kappa shape index (κ1) is 23.2. The number of nitrogens with one attached hydrogen (secondary N) is 1. The van der Waals surface area contributed by atoms with Crippen LogP contribution in [0, 0.1) is 6.92 Å². The average Bonchev–Trinajstić information content (AvgIpc) is 2.56. The third-order valence-corrected chi connectivity index (χ3v) is 4.06. The number of aromatic nitrogens is 2. The van der Waals surface area contributed by atoms with E-state index in [0.29, 0.717) is 16.4 Å². The normalized spacial score (nSPS) is 13.7. The van der Waals surface area contributed by atoms with Gasteiger partial charge in [-0.2, -0.15) is 18.2 Å². The molecule has 0 atom stereocenters. The van der Waals surface area contributed by atoms with Gasteiger partial charge in [0, 0.05) is 39.7 Å². The van der Waals surface area contributed by atoms with E-state index in [1.807, 2.05) is 0 Å². The van der Waals surface area contributed by atoms with E-state index in [4.69, 9.17) is 5.73 Å². The van der Waals surface area contributed by atoms with Crippen LogP contribution < -0.4 is 11.1 Å². The third-order valence-electron chi connectivity index (χ3n) is 3.05. The Kier molecular flexibility index (Phi) is 8.72. The highest BCUT2D eigenvalue weighted by Gasteiger charge is 2.34. The van der Waals surface area contributed by atoms with Gasteiger partial charge in [-0.3, -0.25) is 4.99 Å². The zero-order valence-electron chi connectivity index (χ0n) is 15.8. The number of hydrogen-bond donors (Lipinski definition) is 2. The van der Waals surface area contributed by atoms with E-state index in [-0.39, 0.29) is 16.6 Å². The van der Waals surface area contributed by atoms with E-state index in [1.54, 1.807) is 26.1 Å². The molecule has 0 aromatic carbocycles. The first-order valence-corrected chi connectivity index (χ1v) is 8.90. The van der Waals surface area contributed by atoms with Gasteiger partial charge in [0.2, 0.25) is 5.95 Å². The van der Waals surface area contributed by atoms with Crippen LogP contribution in [-0.2, 0) is 0 Å². The highest BCUT2D eigenvalue weighted by atomic mass is 32.2. The number of nitrogens with zero attached hydrogens (tertiary/aromatic N) is 3. The Bertz CT molecular complexity index is 831. The molecule has 9 heteroatoms. The van der Waals surface area contributed by atoms with Gasteiger partial charge in [0.25, 0.3) is 0 Å². The molecule has 0 saturated heterocycles. The molecule has 0 bridgehead atoms. The van der Waals surface area contributed by atoms with E-state index in [9.17, 15) is 13.2 Å². The predicted molar refractivity (Wildman–Crippen MR) is 112 cm³/mol. The Hall–Kier alpha value is -2.81. The molecule has 0 aliphatic rings. The molecule has 5 nitrogen and oxygen atoms in total. The second-order valence-electron chi connectivity index (χ2n) is 5.48. The van der Waals surface area contributed by atoms with Gasteiger partial charge in [0.1, 0.15) is 5.82 Å². The summed E-state index contributed by atoms with van der Waals surface area (Å²) in [6, 6.07) is 1.58. The maximum absolute atomic E-state index is 13.6. The molecule has 0 fully saturated rings. The Balaban J connectivity index is 3.23. The first-order chi connectivity index (χ1) is 13.1. The molecule has 1 aromatic heterocycles. The van der Waals surface area contributed by atoms with Crippen molar-refractivity contribution in [3.63, 3.8) is 0 Å². The summed E-state index contributed by atoms with van der Waals surface area (Å²) in [5.74, 6) is 0.333. The molecule has 0 saturated carbocycles. The van der Waals surface area contributed by atoms with Gasteiger partial charge in [-0.1, -0.05) is 31.0 Å². The number of allylic oxidation sites excluding steroid dienone is 5. The van der Waals surface area contributed by atoms with Crippen LogP contribution in [0.1, 0.15) is 19.5 Å². The second kappa shape index (κ2) is 10.5. The van der Waals surface area contributed by atoms with Crippen LogP contribution in [0.15, 0.2) is 69.7 Å². The summed E-state index contributed by atoms with van der Waals surface area (Å²) >= 11 is 0.852. The zero-order valence-corrected chi connectivity index (χ0v) is 16.7. The van der Waals surface area contributed by atoms with Crippen molar-refractivity contribution in [1.29, 1.82) is 0 Å². The van der Waals surface area contributed by atoms with Gasteiger partial charge < -0.3 is 11.1 Å². The van der Waals surface area contributed by atoms with E-state index < -0.39 is 11.7 Å². The number of aliphatic imine (C=N–C) groups is 1. The van der Waals surface area contributed by atoms with Crippen LogP contribution in [0.2, 0.25) is 0 Å². The molecule has 1 aromatic rings. The highest BCUT2D eigenvalue weighted by Crippen LogP contribution is 2.37. The van der Waals surface area contributed by atoms with Crippen molar-refractivity contribution in [2.24, 2.45) is 4.99 Å². The number of hydrogen-bond acceptors (Lipinski definition) is 6. The molecule has 3 N–H and O–H groups in total. The van der Waals surface area contributed by atoms with E-state index in [2.05, 4.69) is 33.4 Å². The Morgan fingerprint density at radius 1 is 1.36 bits per heavy atom. The average molecular weight is 409 g/mol. The monoisotopic (exact) mass is 409 g/mol. The summed E-state index contributed by atoms with van der Waals surface area (Å²) in [5, 5.41) is 2.80. The number of anilines is 2. The van der Waals surface area contributed by atoms with Crippen LogP contribution in [0.3, 0.4) is 0 Å². The summed E-state index contributed by atoms with van der Waals surface area (Å²) in [7, 11) is 0. The minimum atomic E-state index is -4.59. The van der Waals surface area contributed by atoms with Gasteiger partial charge in [0.05, 0.1) is 5.57 Å². The van der Waals surface area contributed by atoms with Crippen LogP contribution in [0.5, 0.6) is 0 Å². The zero-order chi connectivity index (χ0) is 21.3. The number of alkyl halides is 3. The smallest absolute Gasteiger partial charge is 0.368 e. The minimum absolute atomic E-state index is 0.0297. The lowest BCUT2D eigenvalue weighted by Gasteiger charge is -2.15. The van der Waals surface area contributed by atoms with Crippen LogP contribution in [0.4, 0.5) is 24.9 Å². The van der Waals surface area contributed by atoms with E-state index >= 15 is 0 Å². The lowest BCUT2D eigenvalue weighted by atomic mass is 10.2. The van der Waals surface area contributed by atoms with E-state index in [1.165, 1.54) is 19.2 Å². The van der Waals surface area contributed by atoms with E-state index in [0.717, 1.165) is 23.9 Å². The number of rotatable bonds is 8. The molecule has 0 amide bonds. The summed E-state index contributed by atoms with van der Waals surface area (Å²) < 4.78 is 40.9. The van der Waals surface area contributed by atoms with Crippen molar-refractivity contribution in [1.82, 2.24) is 9.97 Å². The number of halogens is 3. The highest BCUT2D eigenvalue weighted by molar-refractivity contribution is 8.07. The minimum Gasteiger partial charge on any atom is -0.368 e. The topological polar surface area (TPSA) is 76.2 Å². The third kappa shape index (κ3) is 7.83. The molecule has 0 aliphatic heterocycles. The van der Waals surface area contributed by atoms with Crippen LogP contribution in [-0.4, -0.2) is 22.4 Å². The summed E-state index contributed by atoms with van der Waals surface area (Å²) in [6.45, 7) is 12.2. The quantitative estimate of drug-likeness (QED) is 0.436. The molecule has 0 unspecified atom stereocenters. The molecule has 28 heavy (non-hydrogen) atoms. The lowest BCUT2D eigenvalue weighted by molar-refractivity contribution is -0.0884. The molecule has 150 valence electrons. The standard InChI is InChI=1S/C19H22F3N5S/c1-6-16(28-14(5)8-9-24-7-2)15(19(20,21)22)10-12(3)25-17-11-13(4)26-18(23)27-17/h6-11H,1,5H2,2-4H3,(H3,23,25,26,27)/b9-8-,12-10+,16-15-,24-7?. The lowest BCUT2D eigenvalue weighted by Crippen LogP contribution is -2.13. The number of nitrogens with two attached hydrogens (primary N) is 1. The molecular formula is C19H22F3N5S. The van der Waals surface area contributed by atoms with Gasteiger partial charge in [-0.05, 0) is 32.9 Å². The Morgan fingerprint density at radius 2 is 2.04 bits per heavy atom. The molecule has 1 heterocycles. The number of aryl methyl sites for hydroxylation is 1. The van der Waals surface area contributed by atoms with Crippen molar-refractivity contribution in [3.8, 4) is 0 Å². The molecular weight excluding hydrogens is 387 g/mol. The Labute approximate surface area is 166 Å². The second-order valence-corrected chi connectivity index (χ2v) is 6.64. The fourth-order valence-corrected chi connectivity index (χ4v) is 2.78. The maximum atomic E-state index is 13.6. The van der Waals surface area contributed by atoms with Gasteiger partial charge in [-0.15, -0.1) is 0 Å². The van der Waals surface area contributed by atoms with Crippen molar-refractivity contribution >= 4 is 29.7 Å². The summed E-state index contributed by atoms with van der Waals surface area (Å²) in [4.78, 5) is 12.0. The van der Waals surface area contributed by atoms with Gasteiger partial charge >= 0.3 is 6.18 Å². The maximum Gasteiger partial charge on any atom is 0.417 e. The van der Waals surface area contributed by atoms with Crippen LogP contribution in [0.25, 0.3) is 0 Å². The molecule has 1 rings (SSSR count). The summed E-state index contributed by atoms with van der Waals surface area (Å²) in [6.07, 6.45) is 2.06. The first-order valence-electron chi connectivity index (χ1n) is 8.08. The van der Waals surface area contributed by atoms with Crippen LogP contribution >= 0.6 is 11.8 Å². The number of thioether (sulfide) groups is 1. The molecule has 0 spiro atoms. The summed E-state index contributed by atoms with van der Waals surface area (Å²) in [5.41, 5.74) is 5.53. The predicted octanol–water partition coefficient (Wildman–Crippen LogP) is 5.54. The van der Waals surface area contributed by atoms with Gasteiger partial charge in [-0.25, -0.2) is 4.98 Å². The SMILES string of the molecule is C=C/C(SC(=C)/C=C\N=CC)=C(\C=C(/C)Nc1cc(C)nc(N)n1)C(F)(F)F. The van der Waals surface area contributed by atoms with Crippen molar-refractivity contribution < 1.29 is 13.2 Å². The van der Waals surface area contributed by atoms with Crippen molar-refractivity contribution in [3.05, 3.63) is 70.4 Å². The van der Waals surface area contributed by atoms with Crippen molar-refractivity contribution in [2.75, 3.05) is 11.1 Å². The molecule has 0 radical (unpaired) electrons. The van der Waals surface area contributed by atoms with Crippen molar-refractivity contribution in [2.45, 2.75) is 26.9 Å². The largest absolute Gasteiger partial charge is 0.417 e.